The van der Waals surface area contributed by atoms with Crippen LogP contribution in [0.3, 0.4) is 0 Å². The molecular weight excluding hydrogens is 562 g/mol. The summed E-state index contributed by atoms with van der Waals surface area (Å²) in [5.41, 5.74) is 6.45. The average molecular weight is 612 g/mol. The van der Waals surface area contributed by atoms with Gasteiger partial charge < -0.3 is 39.3 Å². The van der Waals surface area contributed by atoms with Crippen molar-refractivity contribution in [1.82, 2.24) is 0 Å². The molecule has 0 aliphatic carbocycles. The van der Waals surface area contributed by atoms with Crippen molar-refractivity contribution in [1.29, 1.82) is 0 Å². The first kappa shape index (κ1) is 37.5. The summed E-state index contributed by atoms with van der Waals surface area (Å²) >= 11 is 0. The lowest BCUT2D eigenvalue weighted by molar-refractivity contribution is -0.139. The number of hydrogen-bond donors (Lipinski definition) is 2. The Morgan fingerprint density at radius 1 is 0.767 bits per heavy atom. The number of carbonyl (C=O) groups excluding carboxylic acids is 3. The van der Waals surface area contributed by atoms with Crippen LogP contribution >= 0.6 is 0 Å². The van der Waals surface area contributed by atoms with Gasteiger partial charge in [0.05, 0.1) is 13.2 Å². The first-order chi connectivity index (χ1) is 20.2. The van der Waals surface area contributed by atoms with Crippen molar-refractivity contribution in [3.8, 4) is 11.5 Å². The second kappa shape index (κ2) is 18.9. The molecule has 0 spiro atoms. The first-order valence-electron chi connectivity index (χ1n) is 14.8. The lowest BCUT2D eigenvalue weighted by atomic mass is 9.79. The number of aliphatic carboxylic acids is 1. The zero-order valence-corrected chi connectivity index (χ0v) is 26.6. The molecule has 0 aromatic heterocycles. The Bertz CT molecular complexity index is 1040. The SMILES string of the molecule is CCCC(C)OC(=O)OC(C)C(C)C(c1ccc(OC(=O)OCCC(C)C)c(OC(=O)OCCC(C)C)c1)[C@H](N)C(=O)O. The third-order valence-electron chi connectivity index (χ3n) is 6.82. The normalized spacial score (nSPS) is 14.7. The topological polar surface area (TPSA) is 170 Å². The van der Waals surface area contributed by atoms with Gasteiger partial charge in [0.15, 0.2) is 11.5 Å². The zero-order valence-electron chi connectivity index (χ0n) is 26.6. The smallest absolute Gasteiger partial charge is 0.480 e. The van der Waals surface area contributed by atoms with E-state index in [0.29, 0.717) is 30.7 Å². The third kappa shape index (κ3) is 14.0. The summed E-state index contributed by atoms with van der Waals surface area (Å²) in [5, 5.41) is 9.81. The summed E-state index contributed by atoms with van der Waals surface area (Å²) in [6.07, 6.45) is -1.37. The lowest BCUT2D eigenvalue weighted by Crippen LogP contribution is -2.42. The second-order valence-electron chi connectivity index (χ2n) is 11.5. The highest BCUT2D eigenvalue weighted by Gasteiger charge is 2.36. The van der Waals surface area contributed by atoms with Crippen molar-refractivity contribution < 1.29 is 52.7 Å². The molecular formula is C31H49NO11. The van der Waals surface area contributed by atoms with Crippen LogP contribution in [-0.2, 0) is 23.7 Å². The molecule has 1 aromatic rings. The summed E-state index contributed by atoms with van der Waals surface area (Å²) in [6, 6.07) is 2.75. The fraction of sp³-hybridized carbons (Fsp3) is 0.677. The van der Waals surface area contributed by atoms with E-state index in [1.807, 2.05) is 34.6 Å². The van der Waals surface area contributed by atoms with E-state index in [-0.39, 0.29) is 36.7 Å². The zero-order chi connectivity index (χ0) is 32.7. The summed E-state index contributed by atoms with van der Waals surface area (Å²) in [5.74, 6) is -2.63. The van der Waals surface area contributed by atoms with Gasteiger partial charge in [0.25, 0.3) is 0 Å². The molecule has 0 heterocycles. The van der Waals surface area contributed by atoms with Crippen molar-refractivity contribution in [3.05, 3.63) is 23.8 Å². The van der Waals surface area contributed by atoms with Crippen LogP contribution in [0.25, 0.3) is 0 Å². The molecule has 43 heavy (non-hydrogen) atoms. The second-order valence-corrected chi connectivity index (χ2v) is 11.5. The summed E-state index contributed by atoms with van der Waals surface area (Å²) in [6.45, 7) is 15.1. The summed E-state index contributed by atoms with van der Waals surface area (Å²) in [4.78, 5) is 49.2. The van der Waals surface area contributed by atoms with Crippen molar-refractivity contribution in [3.63, 3.8) is 0 Å². The standard InChI is InChI=1S/C31H49NO11/c1-9-10-20(6)40-31(37)41-22(8)21(7)26(27(32)28(33)34)23-11-12-24(42-29(35)38-15-13-18(2)3)25(17-23)43-30(36)39-16-14-19(4)5/h11-12,17-22,26-27H,9-10,13-16,32H2,1-8H3,(H,33,34)/t20?,21?,22?,26?,27-/m0/s1. The number of benzene rings is 1. The first-order valence-corrected chi connectivity index (χ1v) is 14.8. The van der Waals surface area contributed by atoms with Gasteiger partial charge in [-0.25, -0.2) is 14.4 Å². The quantitative estimate of drug-likeness (QED) is 0.109. The van der Waals surface area contributed by atoms with Crippen LogP contribution in [0.1, 0.15) is 92.6 Å². The van der Waals surface area contributed by atoms with E-state index < -0.39 is 48.4 Å². The molecule has 1 aromatic carbocycles. The molecule has 12 nitrogen and oxygen atoms in total. The van der Waals surface area contributed by atoms with E-state index in [9.17, 15) is 24.3 Å². The third-order valence-corrected chi connectivity index (χ3v) is 6.82. The van der Waals surface area contributed by atoms with Crippen molar-refractivity contribution >= 4 is 24.4 Å². The van der Waals surface area contributed by atoms with Crippen LogP contribution < -0.4 is 15.2 Å². The fourth-order valence-corrected chi connectivity index (χ4v) is 4.09. The van der Waals surface area contributed by atoms with E-state index in [1.165, 1.54) is 18.2 Å². The molecule has 0 saturated carbocycles. The number of ether oxygens (including phenoxy) is 6. The minimum atomic E-state index is -1.44. The highest BCUT2D eigenvalue weighted by Crippen LogP contribution is 2.37. The van der Waals surface area contributed by atoms with E-state index in [0.717, 1.165) is 6.42 Å². The fourth-order valence-electron chi connectivity index (χ4n) is 4.09. The average Bonchev–Trinajstić information content (AvgIpc) is 2.89. The molecule has 1 rings (SSSR count). The van der Waals surface area contributed by atoms with Gasteiger partial charge in [0, 0.05) is 11.8 Å². The Balaban J connectivity index is 3.33. The number of carbonyl (C=O) groups is 4. The number of carboxylic acid groups (broad SMARTS) is 1. The van der Waals surface area contributed by atoms with Gasteiger partial charge in [-0.2, -0.15) is 0 Å². The van der Waals surface area contributed by atoms with Gasteiger partial charge in [-0.05, 0) is 62.6 Å². The van der Waals surface area contributed by atoms with Crippen LogP contribution in [0.4, 0.5) is 14.4 Å². The van der Waals surface area contributed by atoms with E-state index in [4.69, 9.17) is 34.2 Å². The molecule has 0 aliphatic heterocycles. The summed E-state index contributed by atoms with van der Waals surface area (Å²) < 4.78 is 31.7. The predicted molar refractivity (Wildman–Crippen MR) is 158 cm³/mol. The summed E-state index contributed by atoms with van der Waals surface area (Å²) in [7, 11) is 0. The number of nitrogens with two attached hydrogens (primary N) is 1. The number of hydrogen-bond acceptors (Lipinski definition) is 11. The van der Waals surface area contributed by atoms with E-state index in [2.05, 4.69) is 0 Å². The molecule has 0 amide bonds. The van der Waals surface area contributed by atoms with Gasteiger partial charge in [0.1, 0.15) is 18.2 Å². The minimum Gasteiger partial charge on any atom is -0.480 e. The molecule has 4 unspecified atom stereocenters. The maximum Gasteiger partial charge on any atom is 0.513 e. The molecule has 5 atom stereocenters. The van der Waals surface area contributed by atoms with Crippen molar-refractivity contribution in [2.45, 2.75) is 105 Å². The van der Waals surface area contributed by atoms with Gasteiger partial charge in [-0.15, -0.1) is 0 Å². The Labute approximate surface area is 254 Å². The predicted octanol–water partition coefficient (Wildman–Crippen LogP) is 6.67. The van der Waals surface area contributed by atoms with Crippen LogP contribution in [0.15, 0.2) is 18.2 Å². The molecule has 0 bridgehead atoms. The number of carboxylic acids is 1. The highest BCUT2D eigenvalue weighted by atomic mass is 16.7. The Kier molecular flexibility index (Phi) is 16.5. The van der Waals surface area contributed by atoms with Crippen LogP contribution in [-0.4, -0.2) is 61.0 Å². The van der Waals surface area contributed by atoms with Crippen molar-refractivity contribution in [2.24, 2.45) is 23.5 Å². The molecule has 0 fully saturated rings. The molecule has 0 saturated heterocycles. The van der Waals surface area contributed by atoms with E-state index in [1.54, 1.807) is 20.8 Å². The maximum atomic E-state index is 12.5. The molecule has 12 heteroatoms. The molecule has 0 radical (unpaired) electrons. The monoisotopic (exact) mass is 611 g/mol. The maximum absolute atomic E-state index is 12.5. The highest BCUT2D eigenvalue weighted by molar-refractivity contribution is 5.75. The van der Waals surface area contributed by atoms with E-state index >= 15 is 0 Å². The largest absolute Gasteiger partial charge is 0.513 e. The van der Waals surface area contributed by atoms with Crippen LogP contribution in [0.5, 0.6) is 11.5 Å². The van der Waals surface area contributed by atoms with Crippen LogP contribution in [0, 0.1) is 17.8 Å². The Morgan fingerprint density at radius 3 is 1.79 bits per heavy atom. The van der Waals surface area contributed by atoms with Gasteiger partial charge in [-0.3, -0.25) is 4.79 Å². The molecule has 0 aliphatic rings. The molecule has 3 N–H and O–H groups in total. The van der Waals surface area contributed by atoms with Gasteiger partial charge in [0.2, 0.25) is 0 Å². The van der Waals surface area contributed by atoms with Gasteiger partial charge >= 0.3 is 24.4 Å². The van der Waals surface area contributed by atoms with Gasteiger partial charge in [-0.1, -0.05) is 54.0 Å². The molecule has 244 valence electrons. The van der Waals surface area contributed by atoms with Crippen molar-refractivity contribution in [2.75, 3.05) is 13.2 Å². The lowest BCUT2D eigenvalue weighted by Gasteiger charge is -2.31. The van der Waals surface area contributed by atoms with Crippen LogP contribution in [0.2, 0.25) is 0 Å². The Hall–Kier alpha value is -3.54. The Morgan fingerprint density at radius 2 is 1.30 bits per heavy atom. The minimum absolute atomic E-state index is 0.106. The number of rotatable bonds is 17.